The van der Waals surface area contributed by atoms with Crippen LogP contribution in [0.5, 0.6) is 11.6 Å². The van der Waals surface area contributed by atoms with Gasteiger partial charge >= 0.3 is 0 Å². The summed E-state index contributed by atoms with van der Waals surface area (Å²) < 4.78 is 5.86. The third-order valence-electron chi connectivity index (χ3n) is 3.60. The number of nitrogens with zero attached hydrogens (tertiary/aromatic N) is 2. The van der Waals surface area contributed by atoms with E-state index in [2.05, 4.69) is 10.1 Å². The molecule has 0 aliphatic heterocycles. The number of oxime groups is 1. The van der Waals surface area contributed by atoms with Gasteiger partial charge in [0.25, 0.3) is 0 Å². The van der Waals surface area contributed by atoms with Crippen LogP contribution in [0.3, 0.4) is 0 Å². The van der Waals surface area contributed by atoms with Crippen molar-refractivity contribution in [2.24, 2.45) is 10.9 Å². The van der Waals surface area contributed by atoms with E-state index in [1.165, 1.54) is 0 Å². The minimum Gasteiger partial charge on any atom is -0.438 e. The van der Waals surface area contributed by atoms with Crippen molar-refractivity contribution in [3.05, 3.63) is 52.7 Å². The first-order chi connectivity index (χ1) is 10.2. The van der Waals surface area contributed by atoms with E-state index in [4.69, 9.17) is 15.7 Å². The zero-order valence-corrected chi connectivity index (χ0v) is 11.8. The van der Waals surface area contributed by atoms with Crippen LogP contribution in [0.25, 0.3) is 0 Å². The molecule has 3 N–H and O–H groups in total. The molecule has 2 aromatic rings. The Morgan fingerprint density at radius 2 is 2.19 bits per heavy atom. The first kappa shape index (κ1) is 13.4. The van der Waals surface area contributed by atoms with Gasteiger partial charge in [0.2, 0.25) is 5.88 Å². The molecule has 0 amide bonds. The highest BCUT2D eigenvalue weighted by molar-refractivity contribution is 5.99. The fraction of sp³-hybridized carbons (Fsp3) is 0.250. The molecule has 0 unspecified atom stereocenters. The minimum absolute atomic E-state index is 0.0138. The standard InChI is InChI=1S/C16H17N3O2/c1-10-4-2-6-12(8-10)21-16-13(15(17)19-20)9-11-5-3-7-14(11)18-16/h2,4,6,8-9,20H,3,5,7H2,1H3,(H2,17,19). The van der Waals surface area contributed by atoms with Crippen LogP contribution in [0, 0.1) is 6.92 Å². The molecule has 0 saturated heterocycles. The SMILES string of the molecule is Cc1cccc(Oc2nc3c(cc2C(N)=NO)CCC3)c1. The Hall–Kier alpha value is -2.56. The van der Waals surface area contributed by atoms with Crippen LogP contribution < -0.4 is 10.5 Å². The normalized spacial score (nSPS) is 14.0. The van der Waals surface area contributed by atoms with E-state index >= 15 is 0 Å². The molecule has 3 rings (SSSR count). The van der Waals surface area contributed by atoms with Crippen molar-refractivity contribution in [3.63, 3.8) is 0 Å². The zero-order chi connectivity index (χ0) is 14.8. The maximum atomic E-state index is 8.95. The molecule has 0 radical (unpaired) electrons. The molecule has 5 nitrogen and oxygen atoms in total. The Labute approximate surface area is 123 Å². The Kier molecular flexibility index (Phi) is 3.48. The second-order valence-corrected chi connectivity index (χ2v) is 5.20. The monoisotopic (exact) mass is 283 g/mol. The topological polar surface area (TPSA) is 80.7 Å². The van der Waals surface area contributed by atoms with Gasteiger partial charge in [-0.3, -0.25) is 0 Å². The molecule has 1 aliphatic rings. The van der Waals surface area contributed by atoms with Gasteiger partial charge in [0.05, 0.1) is 5.56 Å². The van der Waals surface area contributed by atoms with Crippen molar-refractivity contribution in [2.75, 3.05) is 0 Å². The Morgan fingerprint density at radius 1 is 1.33 bits per heavy atom. The largest absolute Gasteiger partial charge is 0.438 e. The molecule has 0 atom stereocenters. The number of aromatic nitrogens is 1. The van der Waals surface area contributed by atoms with E-state index in [-0.39, 0.29) is 5.84 Å². The quantitative estimate of drug-likeness (QED) is 0.393. The molecule has 108 valence electrons. The van der Waals surface area contributed by atoms with Gasteiger partial charge in [-0.05, 0) is 55.5 Å². The van der Waals surface area contributed by atoms with Crippen molar-refractivity contribution in [1.82, 2.24) is 4.98 Å². The number of ether oxygens (including phenoxy) is 1. The molecule has 0 saturated carbocycles. The number of nitrogens with two attached hydrogens (primary N) is 1. The van der Waals surface area contributed by atoms with Crippen molar-refractivity contribution in [3.8, 4) is 11.6 Å². The third-order valence-corrected chi connectivity index (χ3v) is 3.60. The summed E-state index contributed by atoms with van der Waals surface area (Å²) in [5, 5.41) is 12.0. The van der Waals surface area contributed by atoms with Crippen LogP contribution in [0.2, 0.25) is 0 Å². The molecule has 1 aromatic carbocycles. The smallest absolute Gasteiger partial charge is 0.230 e. The molecule has 1 aromatic heterocycles. The molecule has 5 heteroatoms. The van der Waals surface area contributed by atoms with Crippen LogP contribution in [-0.4, -0.2) is 16.0 Å². The van der Waals surface area contributed by atoms with E-state index < -0.39 is 0 Å². The average molecular weight is 283 g/mol. The van der Waals surface area contributed by atoms with Gasteiger partial charge in [0, 0.05) is 5.69 Å². The fourth-order valence-electron chi connectivity index (χ4n) is 2.56. The lowest BCUT2D eigenvalue weighted by molar-refractivity contribution is 0.318. The summed E-state index contributed by atoms with van der Waals surface area (Å²) in [7, 11) is 0. The first-order valence-electron chi connectivity index (χ1n) is 6.92. The zero-order valence-electron chi connectivity index (χ0n) is 11.8. The van der Waals surface area contributed by atoms with Crippen molar-refractivity contribution in [2.45, 2.75) is 26.2 Å². The van der Waals surface area contributed by atoms with Gasteiger partial charge in [-0.25, -0.2) is 4.98 Å². The summed E-state index contributed by atoms with van der Waals surface area (Å²) in [6.07, 6.45) is 2.99. The lowest BCUT2D eigenvalue weighted by Crippen LogP contribution is -2.16. The molecule has 1 heterocycles. The van der Waals surface area contributed by atoms with Gasteiger partial charge in [0.15, 0.2) is 5.84 Å². The van der Waals surface area contributed by atoms with E-state index in [0.717, 1.165) is 36.1 Å². The first-order valence-corrected chi connectivity index (χ1v) is 6.92. The summed E-state index contributed by atoms with van der Waals surface area (Å²) in [4.78, 5) is 4.55. The number of fused-ring (bicyclic) bond motifs is 1. The lowest BCUT2D eigenvalue weighted by Gasteiger charge is -2.12. The second kappa shape index (κ2) is 5.44. The minimum atomic E-state index is 0.0138. The Morgan fingerprint density at radius 3 is 2.95 bits per heavy atom. The summed E-state index contributed by atoms with van der Waals surface area (Å²) >= 11 is 0. The maximum Gasteiger partial charge on any atom is 0.230 e. The molecule has 21 heavy (non-hydrogen) atoms. The van der Waals surface area contributed by atoms with Crippen molar-refractivity contribution < 1.29 is 9.94 Å². The van der Waals surface area contributed by atoms with E-state index in [1.54, 1.807) is 0 Å². The van der Waals surface area contributed by atoms with Gasteiger partial charge in [0.1, 0.15) is 5.75 Å². The lowest BCUT2D eigenvalue weighted by atomic mass is 10.1. The number of rotatable bonds is 3. The van der Waals surface area contributed by atoms with Gasteiger partial charge < -0.3 is 15.7 Å². The van der Waals surface area contributed by atoms with Crippen LogP contribution >= 0.6 is 0 Å². The third kappa shape index (κ3) is 2.67. The van der Waals surface area contributed by atoms with Gasteiger partial charge in [-0.2, -0.15) is 0 Å². The number of hydrogen-bond donors (Lipinski definition) is 2. The predicted octanol–water partition coefficient (Wildman–Crippen LogP) is 2.77. The van der Waals surface area contributed by atoms with Crippen LogP contribution in [-0.2, 0) is 12.8 Å². The summed E-state index contributed by atoms with van der Waals surface area (Å²) in [6.45, 7) is 1.99. The number of benzene rings is 1. The van der Waals surface area contributed by atoms with E-state index in [1.807, 2.05) is 37.3 Å². The van der Waals surface area contributed by atoms with Crippen molar-refractivity contribution in [1.29, 1.82) is 0 Å². The van der Waals surface area contributed by atoms with Crippen LogP contribution in [0.1, 0.15) is 28.8 Å². The van der Waals surface area contributed by atoms with Gasteiger partial charge in [-0.1, -0.05) is 17.3 Å². The molecule has 0 fully saturated rings. The molecular weight excluding hydrogens is 266 g/mol. The van der Waals surface area contributed by atoms with E-state index in [9.17, 15) is 0 Å². The average Bonchev–Trinajstić information content (AvgIpc) is 2.93. The highest BCUT2D eigenvalue weighted by Crippen LogP contribution is 2.29. The maximum absolute atomic E-state index is 8.95. The van der Waals surface area contributed by atoms with Crippen molar-refractivity contribution >= 4 is 5.84 Å². The number of amidine groups is 1. The molecule has 1 aliphatic carbocycles. The highest BCUT2D eigenvalue weighted by Gasteiger charge is 2.19. The summed E-state index contributed by atoms with van der Waals surface area (Å²) in [6, 6.07) is 9.60. The number of pyridine rings is 1. The highest BCUT2D eigenvalue weighted by atomic mass is 16.5. The number of hydrogen-bond acceptors (Lipinski definition) is 4. The molecule has 0 bridgehead atoms. The summed E-state index contributed by atoms with van der Waals surface area (Å²) in [5.41, 5.74) is 9.56. The van der Waals surface area contributed by atoms with Crippen LogP contribution in [0.15, 0.2) is 35.5 Å². The fourth-order valence-corrected chi connectivity index (χ4v) is 2.56. The molecule has 0 spiro atoms. The van der Waals surface area contributed by atoms with Gasteiger partial charge in [-0.15, -0.1) is 0 Å². The predicted molar refractivity (Wildman–Crippen MR) is 80.0 cm³/mol. The Balaban J connectivity index is 2.04. The van der Waals surface area contributed by atoms with E-state index in [0.29, 0.717) is 17.2 Å². The summed E-state index contributed by atoms with van der Waals surface area (Å²) in [5.74, 6) is 1.09. The second-order valence-electron chi connectivity index (χ2n) is 5.20. The van der Waals surface area contributed by atoms with Crippen LogP contribution in [0.4, 0.5) is 0 Å². The Bertz CT molecular complexity index is 711. The molecular formula is C16H17N3O2. The number of aryl methyl sites for hydroxylation is 3.